The molecule has 3 heterocycles. The molecule has 1 aromatic carbocycles. The Bertz CT molecular complexity index is 1950. The molecule has 246 valence electrons. The summed E-state index contributed by atoms with van der Waals surface area (Å²) in [5, 5.41) is 20.4. The van der Waals surface area contributed by atoms with E-state index in [1.54, 1.807) is 0 Å². The maximum atomic E-state index is 16.9. The summed E-state index contributed by atoms with van der Waals surface area (Å²) < 4.78 is 51.8. The number of piperazine rings is 1. The first-order valence-electron chi connectivity index (χ1n) is 16.8. The molecule has 1 saturated heterocycles. The van der Waals surface area contributed by atoms with Crippen molar-refractivity contribution in [1.82, 2.24) is 14.9 Å². The first-order valence-corrected chi connectivity index (χ1v) is 16.8. The molecular formula is C37H35F3N6O2. The molecule has 11 heteroatoms. The number of carbonyl (C=O) groups is 1. The van der Waals surface area contributed by atoms with E-state index in [0.717, 1.165) is 43.2 Å². The summed E-state index contributed by atoms with van der Waals surface area (Å²) in [6, 6.07) is 9.50. The van der Waals surface area contributed by atoms with Crippen molar-refractivity contribution in [2.24, 2.45) is 17.3 Å². The lowest BCUT2D eigenvalue weighted by Gasteiger charge is -2.42. The third-order valence-electron chi connectivity index (χ3n) is 11.6. The minimum atomic E-state index is -1.12. The molecule has 8 rings (SSSR count). The Hall–Kier alpha value is -4.64. The van der Waals surface area contributed by atoms with E-state index >= 15 is 4.39 Å². The van der Waals surface area contributed by atoms with Crippen molar-refractivity contribution in [3.05, 3.63) is 59.3 Å². The van der Waals surface area contributed by atoms with Crippen molar-refractivity contribution in [3.63, 3.8) is 0 Å². The van der Waals surface area contributed by atoms with Gasteiger partial charge in [0.2, 0.25) is 5.88 Å². The van der Waals surface area contributed by atoms with Crippen molar-refractivity contribution in [2.75, 3.05) is 31.1 Å². The average Bonchev–Trinajstić information content (AvgIpc) is 3.40. The number of fused-ring (bicyclic) bond motifs is 5. The van der Waals surface area contributed by atoms with E-state index in [1.165, 1.54) is 16.7 Å². The summed E-state index contributed by atoms with van der Waals surface area (Å²) in [4.78, 5) is 25.0. The summed E-state index contributed by atoms with van der Waals surface area (Å²) in [6.07, 6.45) is 6.20. The van der Waals surface area contributed by atoms with Gasteiger partial charge in [0.15, 0.2) is 11.6 Å². The van der Waals surface area contributed by atoms with Crippen LogP contribution in [0.15, 0.2) is 36.8 Å². The number of amides is 1. The highest BCUT2D eigenvalue weighted by atomic mass is 19.1. The Labute approximate surface area is 276 Å². The lowest BCUT2D eigenvalue weighted by Crippen LogP contribution is -2.55. The number of carbonyl (C=O) groups excluding carboxylic acids is 1. The van der Waals surface area contributed by atoms with Crippen LogP contribution in [0.4, 0.5) is 18.9 Å². The maximum Gasteiger partial charge on any atom is 0.282 e. The Morgan fingerprint density at radius 1 is 1.23 bits per heavy atom. The Kier molecular flexibility index (Phi) is 7.35. The van der Waals surface area contributed by atoms with Gasteiger partial charge in [-0.2, -0.15) is 10.5 Å². The lowest BCUT2D eigenvalue weighted by molar-refractivity contribution is -0.131. The SMILES string of the molecule is C=C(F)C(=O)N1CCN(c2c(C#N)c(OCC34CCCC3C[C@H](F)C4)nc3c(F)c(-c4cccc5c4C4CC4C5)ncc23)C[C@@H]1CC#N. The fourth-order valence-corrected chi connectivity index (χ4v) is 9.32. The second-order valence-corrected chi connectivity index (χ2v) is 14.3. The average molecular weight is 653 g/mol. The fourth-order valence-electron chi connectivity index (χ4n) is 9.32. The van der Waals surface area contributed by atoms with Crippen LogP contribution in [0, 0.1) is 45.7 Å². The van der Waals surface area contributed by atoms with Gasteiger partial charge in [0.25, 0.3) is 5.91 Å². The number of anilines is 1. The molecule has 0 radical (unpaired) electrons. The van der Waals surface area contributed by atoms with Gasteiger partial charge in [-0.05, 0) is 67.4 Å². The highest BCUT2D eigenvalue weighted by Crippen LogP contribution is 2.59. The molecule has 4 aliphatic carbocycles. The largest absolute Gasteiger partial charge is 0.476 e. The van der Waals surface area contributed by atoms with Crippen molar-refractivity contribution < 1.29 is 22.7 Å². The number of hydrogen-bond acceptors (Lipinski definition) is 7. The zero-order valence-corrected chi connectivity index (χ0v) is 26.5. The molecule has 5 aliphatic rings. The number of nitrogens with zero attached hydrogens (tertiary/aromatic N) is 6. The standard InChI is InChI=1S/C37H35F3N6O2/c1-20(38)36(47)46-11-10-45(18-25(46)7-9-41)34-28(16-42)35(48-19-37-8-3-5-23(37)14-24(39)15-37)44-33-29(34)17-43-32(31(33)40)26-6-2-4-21-12-22-13-27(22)30(21)26/h2,4,6,17,22-25,27H,1,3,5,7-8,10-15,18-19H2/t22?,23?,24-,25-,27?,37?/m0/s1. The molecule has 0 spiro atoms. The van der Waals surface area contributed by atoms with Crippen molar-refractivity contribution >= 4 is 22.5 Å². The Morgan fingerprint density at radius 3 is 2.88 bits per heavy atom. The number of aromatic nitrogens is 2. The number of alkyl halides is 1. The van der Waals surface area contributed by atoms with Gasteiger partial charge in [-0.1, -0.05) is 31.2 Å². The number of halogens is 3. The number of ether oxygens (including phenoxy) is 1. The second kappa shape index (κ2) is 11.5. The molecule has 3 saturated carbocycles. The zero-order valence-electron chi connectivity index (χ0n) is 26.5. The predicted octanol–water partition coefficient (Wildman–Crippen LogP) is 6.68. The molecule has 1 amide bonds. The van der Waals surface area contributed by atoms with E-state index in [9.17, 15) is 24.1 Å². The van der Waals surface area contributed by atoms with Gasteiger partial charge in [0.05, 0.1) is 30.8 Å². The van der Waals surface area contributed by atoms with Gasteiger partial charge in [0.1, 0.15) is 29.0 Å². The van der Waals surface area contributed by atoms with Crippen LogP contribution in [0.5, 0.6) is 5.88 Å². The smallest absolute Gasteiger partial charge is 0.282 e. The Morgan fingerprint density at radius 2 is 2.08 bits per heavy atom. The van der Waals surface area contributed by atoms with Crippen LogP contribution in [0.1, 0.15) is 67.6 Å². The molecule has 4 unspecified atom stereocenters. The van der Waals surface area contributed by atoms with Gasteiger partial charge in [-0.15, -0.1) is 0 Å². The highest BCUT2D eigenvalue weighted by Gasteiger charge is 2.51. The van der Waals surface area contributed by atoms with Gasteiger partial charge < -0.3 is 14.5 Å². The molecule has 2 aromatic heterocycles. The van der Waals surface area contributed by atoms with E-state index in [-0.39, 0.29) is 66.6 Å². The van der Waals surface area contributed by atoms with Crippen molar-refractivity contribution in [2.45, 2.75) is 69.5 Å². The van der Waals surface area contributed by atoms with Crippen LogP contribution in [-0.4, -0.2) is 59.2 Å². The van der Waals surface area contributed by atoms with E-state index < -0.39 is 29.8 Å². The van der Waals surface area contributed by atoms with Crippen LogP contribution in [0.3, 0.4) is 0 Å². The summed E-state index contributed by atoms with van der Waals surface area (Å²) in [6.45, 7) is 3.60. The molecule has 48 heavy (non-hydrogen) atoms. The predicted molar refractivity (Wildman–Crippen MR) is 172 cm³/mol. The van der Waals surface area contributed by atoms with E-state index in [0.29, 0.717) is 35.8 Å². The lowest BCUT2D eigenvalue weighted by atomic mass is 9.81. The monoisotopic (exact) mass is 652 g/mol. The zero-order chi connectivity index (χ0) is 33.3. The van der Waals surface area contributed by atoms with Crippen LogP contribution in [0.25, 0.3) is 22.2 Å². The van der Waals surface area contributed by atoms with Gasteiger partial charge in [-0.3, -0.25) is 9.78 Å². The van der Waals surface area contributed by atoms with E-state index in [2.05, 4.69) is 34.8 Å². The van der Waals surface area contributed by atoms with Gasteiger partial charge in [0, 0.05) is 42.2 Å². The third kappa shape index (κ3) is 4.81. The maximum absolute atomic E-state index is 16.9. The molecular weight excluding hydrogens is 617 g/mol. The molecule has 0 bridgehead atoms. The van der Waals surface area contributed by atoms with Crippen LogP contribution in [0.2, 0.25) is 0 Å². The summed E-state index contributed by atoms with van der Waals surface area (Å²) >= 11 is 0. The number of hydrogen-bond donors (Lipinski definition) is 0. The summed E-state index contributed by atoms with van der Waals surface area (Å²) in [5.41, 5.74) is 3.32. The topological polar surface area (TPSA) is 106 Å². The molecule has 4 fully saturated rings. The molecule has 8 nitrogen and oxygen atoms in total. The van der Waals surface area contributed by atoms with Gasteiger partial charge in [-0.25, -0.2) is 18.2 Å². The quantitative estimate of drug-likeness (QED) is 0.262. The van der Waals surface area contributed by atoms with Crippen molar-refractivity contribution in [3.8, 4) is 29.3 Å². The molecule has 1 aliphatic heterocycles. The highest BCUT2D eigenvalue weighted by molar-refractivity contribution is 5.98. The Balaban J connectivity index is 1.25. The van der Waals surface area contributed by atoms with Crippen LogP contribution in [-0.2, 0) is 11.2 Å². The normalized spacial score (nSPS) is 28.4. The van der Waals surface area contributed by atoms with E-state index in [1.807, 2.05) is 17.0 Å². The number of pyridine rings is 2. The van der Waals surface area contributed by atoms with Gasteiger partial charge >= 0.3 is 0 Å². The fraction of sp³-hybridized carbons (Fsp3) is 0.486. The van der Waals surface area contributed by atoms with E-state index in [4.69, 9.17) is 4.74 Å². The number of rotatable bonds is 7. The minimum absolute atomic E-state index is 0.00492. The molecule has 6 atom stereocenters. The first kappa shape index (κ1) is 30.7. The summed E-state index contributed by atoms with van der Waals surface area (Å²) in [5.74, 6) is -1.50. The molecule has 3 aromatic rings. The summed E-state index contributed by atoms with van der Waals surface area (Å²) in [7, 11) is 0. The van der Waals surface area contributed by atoms with Crippen LogP contribution >= 0.6 is 0 Å². The van der Waals surface area contributed by atoms with Crippen LogP contribution < -0.4 is 9.64 Å². The second-order valence-electron chi connectivity index (χ2n) is 14.3. The first-order chi connectivity index (χ1) is 23.2. The van der Waals surface area contributed by atoms with Crippen molar-refractivity contribution in [1.29, 1.82) is 10.5 Å². The third-order valence-corrected chi connectivity index (χ3v) is 11.6. The number of benzene rings is 1. The minimum Gasteiger partial charge on any atom is -0.476 e. The number of nitriles is 2. The molecule has 0 N–H and O–H groups in total.